The van der Waals surface area contributed by atoms with Gasteiger partial charge in [0.15, 0.2) is 11.5 Å². The molecule has 0 fully saturated rings. The molecule has 1 aromatic rings. The number of carbonyl (C=O) groups excluding carboxylic acids is 1. The zero-order valence-electron chi connectivity index (χ0n) is 9.81. The van der Waals surface area contributed by atoms with Crippen LogP contribution in [0.15, 0.2) is 18.2 Å². The summed E-state index contributed by atoms with van der Waals surface area (Å²) in [7, 11) is 1.85. The Kier molecular flexibility index (Phi) is 3.49. The number of ether oxygens (including phenoxy) is 2. The van der Waals surface area contributed by atoms with Crippen LogP contribution in [-0.4, -0.2) is 37.6 Å². The summed E-state index contributed by atoms with van der Waals surface area (Å²) in [4.78, 5) is 12.6. The number of fused-ring (bicyclic) bond motifs is 1. The number of nitrogens with two attached hydrogens (primary N) is 1. The second-order valence-corrected chi connectivity index (χ2v) is 4.12. The molecule has 0 radical (unpaired) electrons. The second kappa shape index (κ2) is 5.05. The summed E-state index contributed by atoms with van der Waals surface area (Å²) in [5, 5.41) is 0. The third-order valence-electron chi connectivity index (χ3n) is 2.48. The van der Waals surface area contributed by atoms with E-state index in [4.69, 9.17) is 15.2 Å². The van der Waals surface area contributed by atoms with Crippen LogP contribution in [0.4, 0.5) is 0 Å². The predicted octanol–water partition coefficient (Wildman–Crippen LogP) is 0.375. The molecule has 1 amide bonds. The number of likely N-dealkylation sites (N-methyl/N-ethyl adjacent to an activating group) is 1. The number of hydrogen-bond acceptors (Lipinski definition) is 4. The van der Waals surface area contributed by atoms with Crippen molar-refractivity contribution in [3.8, 4) is 11.5 Å². The third-order valence-corrected chi connectivity index (χ3v) is 2.48. The van der Waals surface area contributed by atoms with Crippen LogP contribution in [0.25, 0.3) is 0 Å². The highest BCUT2D eigenvalue weighted by atomic mass is 16.6. The van der Waals surface area contributed by atoms with Crippen molar-refractivity contribution in [1.82, 2.24) is 4.90 Å². The first-order chi connectivity index (χ1) is 8.15. The van der Waals surface area contributed by atoms with Crippen LogP contribution in [0, 0.1) is 0 Å². The fourth-order valence-corrected chi connectivity index (χ4v) is 1.82. The first-order valence-electron chi connectivity index (χ1n) is 5.50. The average Bonchev–Trinajstić information content (AvgIpc) is 2.27. The third kappa shape index (κ3) is 3.10. The fourth-order valence-electron chi connectivity index (χ4n) is 1.82. The Morgan fingerprint density at radius 2 is 2.06 bits per heavy atom. The van der Waals surface area contributed by atoms with Gasteiger partial charge in [0.2, 0.25) is 5.91 Å². The molecular weight excluding hydrogens is 220 g/mol. The van der Waals surface area contributed by atoms with E-state index in [9.17, 15) is 4.79 Å². The minimum Gasteiger partial charge on any atom is -0.486 e. The topological polar surface area (TPSA) is 64.8 Å². The second-order valence-electron chi connectivity index (χ2n) is 4.12. The van der Waals surface area contributed by atoms with Crippen molar-refractivity contribution in [2.24, 2.45) is 5.73 Å². The molecule has 1 heterocycles. The number of benzene rings is 1. The zero-order chi connectivity index (χ0) is 12.3. The lowest BCUT2D eigenvalue weighted by Gasteiger charge is -2.20. The van der Waals surface area contributed by atoms with Gasteiger partial charge < -0.3 is 15.2 Å². The van der Waals surface area contributed by atoms with Crippen LogP contribution in [-0.2, 0) is 11.3 Å². The lowest BCUT2D eigenvalue weighted by molar-refractivity contribution is -0.118. The molecule has 0 unspecified atom stereocenters. The molecule has 0 atom stereocenters. The molecule has 0 aromatic heterocycles. The van der Waals surface area contributed by atoms with Gasteiger partial charge in [-0.25, -0.2) is 0 Å². The van der Waals surface area contributed by atoms with Gasteiger partial charge in [-0.2, -0.15) is 0 Å². The van der Waals surface area contributed by atoms with Crippen LogP contribution >= 0.6 is 0 Å². The molecule has 1 aromatic carbocycles. The van der Waals surface area contributed by atoms with Gasteiger partial charge in [0.1, 0.15) is 13.2 Å². The Labute approximate surface area is 100 Å². The number of rotatable bonds is 4. The van der Waals surface area contributed by atoms with E-state index in [2.05, 4.69) is 0 Å². The van der Waals surface area contributed by atoms with Crippen LogP contribution in [0.3, 0.4) is 0 Å². The lowest BCUT2D eigenvalue weighted by Crippen LogP contribution is -2.30. The highest BCUT2D eigenvalue weighted by molar-refractivity contribution is 5.75. The summed E-state index contributed by atoms with van der Waals surface area (Å²) >= 11 is 0. The minimum absolute atomic E-state index is 0.244. The van der Waals surface area contributed by atoms with Crippen molar-refractivity contribution in [2.45, 2.75) is 6.54 Å². The molecule has 5 nitrogen and oxygen atoms in total. The van der Waals surface area contributed by atoms with Crippen molar-refractivity contribution < 1.29 is 14.3 Å². The summed E-state index contributed by atoms with van der Waals surface area (Å²) in [6.45, 7) is 2.07. The molecule has 1 aliphatic heterocycles. The predicted molar refractivity (Wildman–Crippen MR) is 63.0 cm³/mol. The van der Waals surface area contributed by atoms with Gasteiger partial charge in [0, 0.05) is 6.54 Å². The van der Waals surface area contributed by atoms with Gasteiger partial charge in [-0.15, -0.1) is 0 Å². The molecule has 0 aliphatic carbocycles. The van der Waals surface area contributed by atoms with Crippen LogP contribution in [0.2, 0.25) is 0 Å². The van der Waals surface area contributed by atoms with Crippen LogP contribution in [0.1, 0.15) is 5.56 Å². The smallest absolute Gasteiger partial charge is 0.231 e. The normalized spacial score (nSPS) is 13.8. The Bertz CT molecular complexity index is 420. The first kappa shape index (κ1) is 11.7. The van der Waals surface area contributed by atoms with Crippen molar-refractivity contribution in [3.63, 3.8) is 0 Å². The van der Waals surface area contributed by atoms with Gasteiger partial charge in [-0.05, 0) is 24.7 Å². The average molecular weight is 236 g/mol. The van der Waals surface area contributed by atoms with Crippen molar-refractivity contribution in [1.29, 1.82) is 0 Å². The van der Waals surface area contributed by atoms with Crippen LogP contribution in [0.5, 0.6) is 11.5 Å². The first-order valence-corrected chi connectivity index (χ1v) is 5.50. The summed E-state index contributed by atoms with van der Waals surface area (Å²) in [5.41, 5.74) is 6.20. The number of primary amides is 1. The molecule has 0 spiro atoms. The standard InChI is InChI=1S/C12H16N2O3/c1-14(8-12(13)15)7-9-2-3-10-11(6-9)17-5-4-16-10/h2-3,6H,4-5,7-8H2,1H3,(H2,13,15). The van der Waals surface area contributed by atoms with E-state index in [1.807, 2.05) is 30.1 Å². The summed E-state index contributed by atoms with van der Waals surface area (Å²) in [6, 6.07) is 5.79. The quantitative estimate of drug-likeness (QED) is 0.820. The van der Waals surface area contributed by atoms with Gasteiger partial charge in [-0.3, -0.25) is 9.69 Å². The number of nitrogens with zero attached hydrogens (tertiary/aromatic N) is 1. The largest absolute Gasteiger partial charge is 0.486 e. The minimum atomic E-state index is -0.329. The van der Waals surface area contributed by atoms with E-state index in [-0.39, 0.29) is 12.5 Å². The maximum absolute atomic E-state index is 10.8. The molecular formula is C12H16N2O3. The molecule has 2 rings (SSSR count). The molecule has 0 bridgehead atoms. The maximum atomic E-state index is 10.8. The SMILES string of the molecule is CN(CC(N)=O)Cc1ccc2c(c1)OCCO2. The fraction of sp³-hybridized carbons (Fsp3) is 0.417. The van der Waals surface area contributed by atoms with E-state index in [1.54, 1.807) is 0 Å². The van der Waals surface area contributed by atoms with Gasteiger partial charge in [-0.1, -0.05) is 6.07 Å². The molecule has 2 N–H and O–H groups in total. The van der Waals surface area contributed by atoms with E-state index in [0.29, 0.717) is 19.8 Å². The number of hydrogen-bond donors (Lipinski definition) is 1. The van der Waals surface area contributed by atoms with Gasteiger partial charge in [0.25, 0.3) is 0 Å². The Morgan fingerprint density at radius 3 is 2.76 bits per heavy atom. The summed E-state index contributed by atoms with van der Waals surface area (Å²) < 4.78 is 10.9. The van der Waals surface area contributed by atoms with Crippen molar-refractivity contribution >= 4 is 5.91 Å². The monoisotopic (exact) mass is 236 g/mol. The Balaban J connectivity index is 2.04. The van der Waals surface area contributed by atoms with Crippen LogP contribution < -0.4 is 15.2 Å². The van der Waals surface area contributed by atoms with E-state index < -0.39 is 0 Å². The Hall–Kier alpha value is -1.75. The highest BCUT2D eigenvalue weighted by Gasteiger charge is 2.12. The van der Waals surface area contributed by atoms with E-state index >= 15 is 0 Å². The highest BCUT2D eigenvalue weighted by Crippen LogP contribution is 2.30. The summed E-state index contributed by atoms with van der Waals surface area (Å²) in [5.74, 6) is 1.21. The number of amides is 1. The van der Waals surface area contributed by atoms with Crippen molar-refractivity contribution in [3.05, 3.63) is 23.8 Å². The van der Waals surface area contributed by atoms with Crippen molar-refractivity contribution in [2.75, 3.05) is 26.8 Å². The van der Waals surface area contributed by atoms with Gasteiger partial charge in [0.05, 0.1) is 6.54 Å². The summed E-state index contributed by atoms with van der Waals surface area (Å²) in [6.07, 6.45) is 0. The Morgan fingerprint density at radius 1 is 1.35 bits per heavy atom. The molecule has 0 saturated heterocycles. The van der Waals surface area contributed by atoms with Gasteiger partial charge >= 0.3 is 0 Å². The number of carbonyl (C=O) groups is 1. The molecule has 17 heavy (non-hydrogen) atoms. The maximum Gasteiger partial charge on any atom is 0.231 e. The van der Waals surface area contributed by atoms with E-state index in [1.165, 1.54) is 0 Å². The molecule has 5 heteroatoms. The molecule has 92 valence electrons. The van der Waals surface area contributed by atoms with E-state index in [0.717, 1.165) is 17.1 Å². The lowest BCUT2D eigenvalue weighted by atomic mass is 10.2. The molecule has 1 aliphatic rings. The zero-order valence-corrected chi connectivity index (χ0v) is 9.81. The molecule has 0 saturated carbocycles.